The molecule has 0 aliphatic heterocycles. The molecule has 0 radical (unpaired) electrons. The van der Waals surface area contributed by atoms with E-state index in [9.17, 15) is 24.3 Å². The van der Waals surface area contributed by atoms with Gasteiger partial charge < -0.3 is 19.3 Å². The number of esters is 1. The van der Waals surface area contributed by atoms with E-state index in [0.29, 0.717) is 18.4 Å². The number of carbonyl (C=O) groups is 4. The second kappa shape index (κ2) is 9.57. The van der Waals surface area contributed by atoms with Crippen LogP contribution in [0.2, 0.25) is 0 Å². The fraction of sp³-hybridized carbons (Fsp3) is 0.724. The van der Waals surface area contributed by atoms with Crippen LogP contribution in [-0.2, 0) is 28.6 Å². The van der Waals surface area contributed by atoms with Crippen LogP contribution in [0.25, 0.3) is 0 Å². The van der Waals surface area contributed by atoms with Crippen LogP contribution in [0.3, 0.4) is 0 Å². The number of allylic oxidation sites excluding steroid dienone is 4. The van der Waals surface area contributed by atoms with Gasteiger partial charge in [-0.1, -0.05) is 26.8 Å². The minimum Gasteiger partial charge on any atom is -0.457 e. The number of alkyl halides is 1. The van der Waals surface area contributed by atoms with Crippen molar-refractivity contribution in [2.75, 3.05) is 13.2 Å². The Balaban J connectivity index is 1.48. The summed E-state index contributed by atoms with van der Waals surface area (Å²) in [6, 6.07) is 0. The van der Waals surface area contributed by atoms with Crippen molar-refractivity contribution >= 4 is 23.7 Å². The summed E-state index contributed by atoms with van der Waals surface area (Å²) >= 11 is 0. The molecular formula is C29H37FO8. The molecule has 0 saturated heterocycles. The lowest BCUT2D eigenvalue weighted by Crippen LogP contribution is -2.64. The third-order valence-electron chi connectivity index (χ3n) is 9.98. The second-order valence-electron chi connectivity index (χ2n) is 12.2. The number of rotatable bonds is 7. The molecule has 4 fully saturated rings. The molecule has 208 valence electrons. The molecule has 4 saturated carbocycles. The third-order valence-corrected chi connectivity index (χ3v) is 9.98. The van der Waals surface area contributed by atoms with Crippen molar-refractivity contribution in [2.45, 2.75) is 83.6 Å². The second-order valence-corrected chi connectivity index (χ2v) is 12.2. The number of aliphatic hydroxyl groups is 1. The largest absolute Gasteiger partial charge is 0.509 e. The van der Waals surface area contributed by atoms with Gasteiger partial charge in [0.1, 0.15) is 6.17 Å². The monoisotopic (exact) mass is 532 g/mol. The number of halogens is 1. The predicted octanol–water partition coefficient (Wildman–Crippen LogP) is 4.04. The highest BCUT2D eigenvalue weighted by Crippen LogP contribution is 2.68. The zero-order valence-electron chi connectivity index (χ0n) is 22.2. The fourth-order valence-corrected chi connectivity index (χ4v) is 8.05. The Bertz CT molecular complexity index is 1090. The van der Waals surface area contributed by atoms with Gasteiger partial charge in [-0.05, 0) is 74.5 Å². The van der Waals surface area contributed by atoms with Crippen molar-refractivity contribution in [1.29, 1.82) is 0 Å². The maximum atomic E-state index is 15.6. The van der Waals surface area contributed by atoms with Crippen LogP contribution in [0.1, 0.15) is 65.7 Å². The molecule has 5 rings (SSSR count). The number of fused-ring (bicyclic) bond motifs is 5. The molecule has 0 heterocycles. The highest BCUT2D eigenvalue weighted by Gasteiger charge is 2.71. The van der Waals surface area contributed by atoms with Gasteiger partial charge in [-0.25, -0.2) is 9.18 Å². The maximum absolute atomic E-state index is 15.6. The summed E-state index contributed by atoms with van der Waals surface area (Å²) in [7, 11) is 0. The molecule has 0 bridgehead atoms. The maximum Gasteiger partial charge on any atom is 0.509 e. The van der Waals surface area contributed by atoms with E-state index in [4.69, 9.17) is 14.2 Å². The highest BCUT2D eigenvalue weighted by molar-refractivity contribution is 6.01. The number of ether oxygens (including phenoxy) is 3. The lowest BCUT2D eigenvalue weighted by atomic mass is 9.46. The summed E-state index contributed by atoms with van der Waals surface area (Å²) in [5.41, 5.74) is -3.17. The van der Waals surface area contributed by atoms with Crippen molar-refractivity contribution < 1.29 is 42.9 Å². The van der Waals surface area contributed by atoms with Gasteiger partial charge in [0.25, 0.3) is 0 Å². The quantitative estimate of drug-likeness (QED) is 0.489. The first kappa shape index (κ1) is 27.0. The van der Waals surface area contributed by atoms with Crippen LogP contribution in [0.5, 0.6) is 0 Å². The van der Waals surface area contributed by atoms with E-state index in [1.54, 1.807) is 6.08 Å². The molecule has 0 spiro atoms. The van der Waals surface area contributed by atoms with Crippen LogP contribution in [-0.4, -0.2) is 59.9 Å². The van der Waals surface area contributed by atoms with Gasteiger partial charge in [-0.15, -0.1) is 0 Å². The Morgan fingerprint density at radius 1 is 1.16 bits per heavy atom. The lowest BCUT2D eigenvalue weighted by Gasteiger charge is -2.60. The molecule has 0 aromatic carbocycles. The van der Waals surface area contributed by atoms with Gasteiger partial charge >= 0.3 is 12.1 Å². The van der Waals surface area contributed by atoms with Gasteiger partial charge in [0.15, 0.2) is 18.0 Å². The molecule has 0 aromatic heterocycles. The van der Waals surface area contributed by atoms with Gasteiger partial charge in [0.05, 0.1) is 18.6 Å². The third kappa shape index (κ3) is 4.12. The van der Waals surface area contributed by atoms with E-state index in [-0.39, 0.29) is 55.3 Å². The van der Waals surface area contributed by atoms with E-state index in [1.165, 1.54) is 12.2 Å². The summed E-state index contributed by atoms with van der Waals surface area (Å²) < 4.78 is 32.0. The van der Waals surface area contributed by atoms with Gasteiger partial charge in [0, 0.05) is 16.7 Å². The molecule has 38 heavy (non-hydrogen) atoms. The normalized spacial score (nSPS) is 41.3. The highest BCUT2D eigenvalue weighted by atomic mass is 19.1. The zero-order chi connectivity index (χ0) is 27.5. The average Bonchev–Trinajstić information content (AvgIpc) is 3.67. The molecule has 8 atom stereocenters. The van der Waals surface area contributed by atoms with Crippen LogP contribution < -0.4 is 0 Å². The van der Waals surface area contributed by atoms with E-state index >= 15 is 4.39 Å². The SMILES string of the molecule is CCCOC(=O)O[C@]1(C(=O)COC(=O)C2CC2)CC[C@H]2[C@@H]3C[C@H](F)C4=CC(=O)C=C[C@]4(C)[C@H]3C(O)C[C@@]21C. The van der Waals surface area contributed by atoms with Crippen LogP contribution >= 0.6 is 0 Å². The Kier molecular flexibility index (Phi) is 6.81. The molecule has 5 aliphatic carbocycles. The fourth-order valence-electron chi connectivity index (χ4n) is 8.05. The van der Waals surface area contributed by atoms with Crippen LogP contribution in [0.15, 0.2) is 23.8 Å². The van der Waals surface area contributed by atoms with E-state index in [0.717, 1.165) is 12.8 Å². The number of hydrogen-bond donors (Lipinski definition) is 1. The summed E-state index contributed by atoms with van der Waals surface area (Å²) in [4.78, 5) is 50.8. The van der Waals surface area contributed by atoms with Crippen molar-refractivity contribution in [1.82, 2.24) is 0 Å². The molecule has 0 amide bonds. The molecule has 0 aromatic rings. The van der Waals surface area contributed by atoms with Crippen molar-refractivity contribution in [3.8, 4) is 0 Å². The van der Waals surface area contributed by atoms with Crippen molar-refractivity contribution in [2.24, 2.45) is 34.5 Å². The Morgan fingerprint density at radius 2 is 1.89 bits per heavy atom. The zero-order valence-corrected chi connectivity index (χ0v) is 22.2. The standard InChI is InChI=1S/C29H37FO8/c1-4-11-36-26(35)38-29(23(33)15-37-25(34)16-5-6-16)10-8-19-18-13-21(30)20-12-17(31)7-9-27(20,2)24(18)22(32)14-28(19,29)3/h7,9,12,16,18-19,21-22,24,32H,4-6,8,10-11,13-15H2,1-3H3/t18-,19-,21-,22?,24+,27-,28-,29-/m0/s1. The van der Waals surface area contributed by atoms with E-state index in [1.807, 2.05) is 20.8 Å². The van der Waals surface area contributed by atoms with Gasteiger partial charge in [0.2, 0.25) is 5.78 Å². The summed E-state index contributed by atoms with van der Waals surface area (Å²) in [5, 5.41) is 11.6. The number of Topliss-reactive ketones (excluding diaryl/α,β-unsaturated/α-hetero) is 1. The minimum atomic E-state index is -1.68. The van der Waals surface area contributed by atoms with Crippen molar-refractivity contribution in [3.63, 3.8) is 0 Å². The van der Waals surface area contributed by atoms with E-state index < -0.39 is 53.2 Å². The Labute approximate surface area is 221 Å². The summed E-state index contributed by atoms with van der Waals surface area (Å²) in [6.45, 7) is 5.10. The number of aliphatic hydroxyl groups excluding tert-OH is 1. The number of carbonyl (C=O) groups excluding carboxylic acids is 4. The first-order chi connectivity index (χ1) is 18.0. The summed E-state index contributed by atoms with van der Waals surface area (Å²) in [6.07, 6.45) is 4.09. The molecular weight excluding hydrogens is 495 g/mol. The number of hydrogen-bond acceptors (Lipinski definition) is 8. The lowest BCUT2D eigenvalue weighted by molar-refractivity contribution is -0.187. The Hall–Kier alpha value is -2.55. The molecule has 8 nitrogen and oxygen atoms in total. The number of ketones is 2. The smallest absolute Gasteiger partial charge is 0.457 e. The van der Waals surface area contributed by atoms with Crippen LogP contribution in [0.4, 0.5) is 9.18 Å². The molecule has 5 aliphatic rings. The first-order valence-electron chi connectivity index (χ1n) is 13.8. The molecule has 9 heteroatoms. The molecule has 1 N–H and O–H groups in total. The average molecular weight is 533 g/mol. The topological polar surface area (TPSA) is 116 Å². The van der Waals surface area contributed by atoms with Gasteiger partial charge in [-0.2, -0.15) is 0 Å². The first-order valence-corrected chi connectivity index (χ1v) is 13.8. The van der Waals surface area contributed by atoms with Crippen molar-refractivity contribution in [3.05, 3.63) is 23.8 Å². The van der Waals surface area contributed by atoms with E-state index in [2.05, 4.69) is 0 Å². The Morgan fingerprint density at radius 3 is 2.58 bits per heavy atom. The van der Waals surface area contributed by atoms with Crippen LogP contribution in [0, 0.1) is 34.5 Å². The molecule has 1 unspecified atom stereocenters. The van der Waals surface area contributed by atoms with Gasteiger partial charge in [-0.3, -0.25) is 14.4 Å². The minimum absolute atomic E-state index is 0.103. The predicted molar refractivity (Wildman–Crippen MR) is 132 cm³/mol. The summed E-state index contributed by atoms with van der Waals surface area (Å²) in [5.74, 6) is -2.38.